The summed E-state index contributed by atoms with van der Waals surface area (Å²) in [6, 6.07) is 7.90. The summed E-state index contributed by atoms with van der Waals surface area (Å²) in [5.41, 5.74) is 4.48. The largest absolute Gasteiger partial charge is 0.367 e. The quantitative estimate of drug-likeness (QED) is 0.840. The molecule has 3 rings (SSSR count). The summed E-state index contributed by atoms with van der Waals surface area (Å²) in [5.74, 6) is -0.158. The molecule has 2 aromatic rings. The van der Waals surface area contributed by atoms with Gasteiger partial charge in [-0.1, -0.05) is 25.1 Å². The molecule has 1 aromatic heterocycles. The highest BCUT2D eigenvalue weighted by Crippen LogP contribution is 2.23. The third-order valence-electron chi connectivity index (χ3n) is 4.79. The van der Waals surface area contributed by atoms with Crippen molar-refractivity contribution in [3.63, 3.8) is 0 Å². The Labute approximate surface area is 153 Å². The van der Waals surface area contributed by atoms with Crippen molar-refractivity contribution in [3.8, 4) is 0 Å². The molecular formula is C20H24N4O2. The maximum absolute atomic E-state index is 12.7. The maximum atomic E-state index is 12.7. The molecule has 0 radical (unpaired) electrons. The molecular weight excluding hydrogens is 328 g/mol. The third-order valence-corrected chi connectivity index (χ3v) is 4.79. The van der Waals surface area contributed by atoms with E-state index >= 15 is 0 Å². The number of rotatable bonds is 5. The van der Waals surface area contributed by atoms with Crippen LogP contribution in [0.15, 0.2) is 36.7 Å². The highest BCUT2D eigenvalue weighted by Gasteiger charge is 2.18. The molecule has 6 nitrogen and oxygen atoms in total. The van der Waals surface area contributed by atoms with Crippen LogP contribution in [0, 0.1) is 6.92 Å². The fourth-order valence-corrected chi connectivity index (χ4v) is 3.20. The van der Waals surface area contributed by atoms with Crippen LogP contribution in [0.2, 0.25) is 0 Å². The number of nitrogens with one attached hydrogen (secondary N) is 1. The number of hydrogen-bond donors (Lipinski definition) is 1. The molecule has 1 aromatic carbocycles. The van der Waals surface area contributed by atoms with E-state index in [1.165, 1.54) is 0 Å². The molecule has 0 bridgehead atoms. The Kier molecular flexibility index (Phi) is 5.51. The van der Waals surface area contributed by atoms with Crippen molar-refractivity contribution >= 4 is 23.7 Å². The summed E-state index contributed by atoms with van der Waals surface area (Å²) in [6.07, 6.45) is 5.09. The zero-order chi connectivity index (χ0) is 18.5. The van der Waals surface area contributed by atoms with Crippen LogP contribution in [0.4, 0.5) is 11.4 Å². The van der Waals surface area contributed by atoms with Gasteiger partial charge in [-0.15, -0.1) is 0 Å². The molecule has 1 aliphatic heterocycles. The van der Waals surface area contributed by atoms with Gasteiger partial charge in [0.2, 0.25) is 6.41 Å². The number of aryl methyl sites for hydroxylation is 2. The highest BCUT2D eigenvalue weighted by molar-refractivity contribution is 6.05. The number of aromatic nitrogens is 1. The first-order valence-electron chi connectivity index (χ1n) is 8.91. The Morgan fingerprint density at radius 3 is 2.69 bits per heavy atom. The minimum Gasteiger partial charge on any atom is -0.367 e. The predicted molar refractivity (Wildman–Crippen MR) is 103 cm³/mol. The van der Waals surface area contributed by atoms with E-state index < -0.39 is 0 Å². The number of anilines is 2. The Hall–Kier alpha value is -2.89. The van der Waals surface area contributed by atoms with Crippen LogP contribution < -0.4 is 10.2 Å². The molecule has 2 heterocycles. The van der Waals surface area contributed by atoms with Crippen molar-refractivity contribution in [1.29, 1.82) is 0 Å². The second-order valence-electron chi connectivity index (χ2n) is 6.48. The Morgan fingerprint density at radius 2 is 2.00 bits per heavy atom. The molecule has 1 saturated heterocycles. The first-order valence-corrected chi connectivity index (χ1v) is 8.91. The topological polar surface area (TPSA) is 65.5 Å². The van der Waals surface area contributed by atoms with Gasteiger partial charge in [-0.25, -0.2) is 0 Å². The predicted octanol–water partition coefficient (Wildman–Crippen LogP) is 2.48. The van der Waals surface area contributed by atoms with Crippen LogP contribution in [-0.2, 0) is 11.2 Å². The second kappa shape index (κ2) is 7.99. The zero-order valence-electron chi connectivity index (χ0n) is 15.2. The molecule has 1 aliphatic rings. The van der Waals surface area contributed by atoms with Crippen molar-refractivity contribution in [2.75, 3.05) is 36.4 Å². The van der Waals surface area contributed by atoms with Gasteiger partial charge >= 0.3 is 0 Å². The number of hydrogen-bond acceptors (Lipinski definition) is 4. The Morgan fingerprint density at radius 1 is 1.23 bits per heavy atom. The van der Waals surface area contributed by atoms with E-state index in [1.807, 2.05) is 31.2 Å². The number of nitrogens with zero attached hydrogens (tertiary/aromatic N) is 3. The van der Waals surface area contributed by atoms with E-state index in [1.54, 1.807) is 17.3 Å². The van der Waals surface area contributed by atoms with Crippen LogP contribution in [-0.4, -0.2) is 48.4 Å². The maximum Gasteiger partial charge on any atom is 0.257 e. The van der Waals surface area contributed by atoms with E-state index in [4.69, 9.17) is 0 Å². The number of carbonyl (C=O) groups is 2. The first kappa shape index (κ1) is 17.9. The average molecular weight is 352 g/mol. The van der Waals surface area contributed by atoms with Crippen molar-refractivity contribution in [2.45, 2.75) is 20.3 Å². The van der Waals surface area contributed by atoms with Gasteiger partial charge in [0, 0.05) is 38.1 Å². The van der Waals surface area contributed by atoms with Gasteiger partial charge in [0.05, 0.1) is 17.4 Å². The first-order chi connectivity index (χ1) is 12.6. The van der Waals surface area contributed by atoms with Gasteiger partial charge in [-0.3, -0.25) is 14.6 Å². The monoisotopic (exact) mass is 352 g/mol. The van der Waals surface area contributed by atoms with E-state index in [2.05, 4.69) is 22.1 Å². The van der Waals surface area contributed by atoms with E-state index in [0.717, 1.165) is 48.4 Å². The lowest BCUT2D eigenvalue weighted by molar-refractivity contribution is -0.118. The van der Waals surface area contributed by atoms with Gasteiger partial charge < -0.3 is 15.1 Å². The molecule has 6 heteroatoms. The van der Waals surface area contributed by atoms with Gasteiger partial charge in [-0.2, -0.15) is 0 Å². The lowest BCUT2D eigenvalue weighted by Crippen LogP contribution is -2.45. The molecule has 0 aliphatic carbocycles. The number of carbonyl (C=O) groups excluding carboxylic acids is 2. The molecule has 26 heavy (non-hydrogen) atoms. The van der Waals surface area contributed by atoms with Crippen molar-refractivity contribution in [1.82, 2.24) is 9.88 Å². The van der Waals surface area contributed by atoms with Crippen LogP contribution in [0.5, 0.6) is 0 Å². The molecule has 0 atom stereocenters. The molecule has 136 valence electrons. The summed E-state index contributed by atoms with van der Waals surface area (Å²) < 4.78 is 0. The SMILES string of the molecule is CCc1cccc(C)c1NC(=O)c1cncc(N2CCN(C=O)CC2)c1. The summed E-state index contributed by atoms with van der Waals surface area (Å²) in [7, 11) is 0. The zero-order valence-corrected chi connectivity index (χ0v) is 15.2. The lowest BCUT2D eigenvalue weighted by atomic mass is 10.1. The minimum absolute atomic E-state index is 0.158. The fraction of sp³-hybridized carbons (Fsp3) is 0.350. The van der Waals surface area contributed by atoms with Gasteiger partial charge in [-0.05, 0) is 30.5 Å². The lowest BCUT2D eigenvalue weighted by Gasteiger charge is -2.34. The highest BCUT2D eigenvalue weighted by atomic mass is 16.1. The second-order valence-corrected chi connectivity index (χ2v) is 6.48. The van der Waals surface area contributed by atoms with Crippen molar-refractivity contribution in [2.24, 2.45) is 0 Å². The standard InChI is InChI=1S/C20H24N4O2/c1-3-16-6-4-5-15(2)19(16)22-20(26)17-11-18(13-21-12-17)24-9-7-23(14-25)8-10-24/h4-6,11-14H,3,7-10H2,1-2H3,(H,22,26). The molecule has 1 fully saturated rings. The van der Waals surface area contributed by atoms with Crippen LogP contribution >= 0.6 is 0 Å². The Balaban J connectivity index is 1.76. The number of piperazine rings is 1. The normalized spacial score (nSPS) is 14.2. The summed E-state index contributed by atoms with van der Waals surface area (Å²) in [4.78, 5) is 31.7. The average Bonchev–Trinajstić information content (AvgIpc) is 2.69. The van der Waals surface area contributed by atoms with Gasteiger partial charge in [0.25, 0.3) is 5.91 Å². The molecule has 0 spiro atoms. The fourth-order valence-electron chi connectivity index (χ4n) is 3.20. The van der Waals surface area contributed by atoms with Crippen molar-refractivity contribution < 1.29 is 9.59 Å². The smallest absolute Gasteiger partial charge is 0.257 e. The molecule has 1 N–H and O–H groups in total. The van der Waals surface area contributed by atoms with Crippen LogP contribution in [0.3, 0.4) is 0 Å². The van der Waals surface area contributed by atoms with Gasteiger partial charge in [0.15, 0.2) is 0 Å². The summed E-state index contributed by atoms with van der Waals surface area (Å²) in [6.45, 7) is 6.92. The molecule has 0 saturated carbocycles. The number of amides is 2. The van der Waals surface area contributed by atoms with E-state index in [9.17, 15) is 9.59 Å². The summed E-state index contributed by atoms with van der Waals surface area (Å²) in [5, 5.41) is 3.04. The number of benzene rings is 1. The number of para-hydroxylation sites is 1. The number of pyridine rings is 1. The molecule has 2 amide bonds. The van der Waals surface area contributed by atoms with Crippen LogP contribution in [0.1, 0.15) is 28.4 Å². The van der Waals surface area contributed by atoms with E-state index in [0.29, 0.717) is 18.7 Å². The summed E-state index contributed by atoms with van der Waals surface area (Å²) >= 11 is 0. The van der Waals surface area contributed by atoms with Gasteiger partial charge in [0.1, 0.15) is 0 Å². The Bertz CT molecular complexity index is 798. The molecule has 0 unspecified atom stereocenters. The van der Waals surface area contributed by atoms with Crippen LogP contribution in [0.25, 0.3) is 0 Å². The van der Waals surface area contributed by atoms with Crippen molar-refractivity contribution in [3.05, 3.63) is 53.3 Å². The minimum atomic E-state index is -0.158. The third kappa shape index (κ3) is 3.85. The van der Waals surface area contributed by atoms with E-state index in [-0.39, 0.29) is 5.91 Å².